The van der Waals surface area contributed by atoms with Crippen molar-refractivity contribution in [1.82, 2.24) is 0 Å². The van der Waals surface area contributed by atoms with E-state index >= 15 is 0 Å². The Morgan fingerprint density at radius 3 is 2.40 bits per heavy atom. The van der Waals surface area contributed by atoms with Crippen LogP contribution in [0.1, 0.15) is 11.1 Å². The van der Waals surface area contributed by atoms with Crippen LogP contribution >= 0.6 is 0 Å². The summed E-state index contributed by atoms with van der Waals surface area (Å²) in [5, 5.41) is 2.69. The number of ether oxygens (including phenoxy) is 1. The van der Waals surface area contributed by atoms with Crippen LogP contribution in [0.25, 0.3) is 6.08 Å². The summed E-state index contributed by atoms with van der Waals surface area (Å²) in [7, 11) is 3.88. The maximum atomic E-state index is 11.8. The summed E-state index contributed by atoms with van der Waals surface area (Å²) in [6.45, 7) is 1.63. The number of hydrogen-bond acceptors (Lipinski definition) is 4. The number of carbonyl (C=O) groups excluding carboxylic acids is 2. The van der Waals surface area contributed by atoms with E-state index in [1.54, 1.807) is 18.2 Å². The lowest BCUT2D eigenvalue weighted by atomic mass is 10.1. The van der Waals surface area contributed by atoms with E-state index in [0.717, 1.165) is 16.8 Å². The van der Waals surface area contributed by atoms with Crippen LogP contribution in [-0.2, 0) is 14.3 Å². The van der Waals surface area contributed by atoms with Crippen molar-refractivity contribution >= 4 is 29.3 Å². The third-order valence-electron chi connectivity index (χ3n) is 3.60. The van der Waals surface area contributed by atoms with Gasteiger partial charge >= 0.3 is 5.97 Å². The van der Waals surface area contributed by atoms with Crippen molar-refractivity contribution in [3.63, 3.8) is 0 Å². The van der Waals surface area contributed by atoms with Crippen molar-refractivity contribution in [2.24, 2.45) is 0 Å². The Bertz CT molecular complexity index is 765. The van der Waals surface area contributed by atoms with E-state index in [9.17, 15) is 9.59 Å². The van der Waals surface area contributed by atoms with Gasteiger partial charge in [0.15, 0.2) is 6.61 Å². The summed E-state index contributed by atoms with van der Waals surface area (Å²) in [6, 6.07) is 15.1. The molecule has 0 radical (unpaired) electrons. The van der Waals surface area contributed by atoms with Gasteiger partial charge in [0, 0.05) is 31.5 Å². The second-order valence-corrected chi connectivity index (χ2v) is 5.79. The molecule has 0 saturated carbocycles. The van der Waals surface area contributed by atoms with Gasteiger partial charge in [0.1, 0.15) is 0 Å². The number of anilines is 2. The number of rotatable bonds is 6. The summed E-state index contributed by atoms with van der Waals surface area (Å²) in [6.07, 6.45) is 3.00. The van der Waals surface area contributed by atoms with Gasteiger partial charge in [0.05, 0.1) is 0 Å². The molecule has 0 heterocycles. The zero-order valence-electron chi connectivity index (χ0n) is 14.7. The average molecular weight is 338 g/mol. The Kier molecular flexibility index (Phi) is 6.34. The third-order valence-corrected chi connectivity index (χ3v) is 3.60. The Morgan fingerprint density at radius 1 is 1.08 bits per heavy atom. The zero-order chi connectivity index (χ0) is 18.2. The zero-order valence-corrected chi connectivity index (χ0v) is 14.7. The minimum Gasteiger partial charge on any atom is -0.452 e. The van der Waals surface area contributed by atoms with Gasteiger partial charge in [-0.3, -0.25) is 4.79 Å². The highest BCUT2D eigenvalue weighted by Crippen LogP contribution is 2.15. The van der Waals surface area contributed by atoms with Crippen LogP contribution in [0.2, 0.25) is 0 Å². The van der Waals surface area contributed by atoms with E-state index in [0.29, 0.717) is 5.69 Å². The van der Waals surface area contributed by atoms with E-state index in [-0.39, 0.29) is 12.5 Å². The number of carbonyl (C=O) groups is 2. The normalized spacial score (nSPS) is 10.5. The summed E-state index contributed by atoms with van der Waals surface area (Å²) in [5.41, 5.74) is 3.68. The molecule has 130 valence electrons. The number of aryl methyl sites for hydroxylation is 1. The molecule has 0 fully saturated rings. The van der Waals surface area contributed by atoms with Gasteiger partial charge < -0.3 is 15.0 Å². The highest BCUT2D eigenvalue weighted by atomic mass is 16.5. The van der Waals surface area contributed by atoms with E-state index in [2.05, 4.69) is 5.32 Å². The molecule has 0 bridgehead atoms. The largest absolute Gasteiger partial charge is 0.452 e. The highest BCUT2D eigenvalue weighted by Gasteiger charge is 2.06. The van der Waals surface area contributed by atoms with Crippen LogP contribution in [0.4, 0.5) is 11.4 Å². The molecule has 0 unspecified atom stereocenters. The Morgan fingerprint density at radius 2 is 1.76 bits per heavy atom. The molecule has 1 amide bonds. The van der Waals surface area contributed by atoms with E-state index in [4.69, 9.17) is 4.74 Å². The molecule has 0 aromatic heterocycles. The second kappa shape index (κ2) is 8.68. The maximum absolute atomic E-state index is 11.8. The topological polar surface area (TPSA) is 58.6 Å². The standard InChI is InChI=1S/C20H22N2O3/c1-15-6-4-5-7-16(15)8-13-20(24)25-14-19(23)21-17-9-11-18(12-10-17)22(2)3/h4-13H,14H2,1-3H3,(H,21,23)/b13-8+. The summed E-state index contributed by atoms with van der Waals surface area (Å²) >= 11 is 0. The number of hydrogen-bond donors (Lipinski definition) is 1. The fraction of sp³-hybridized carbons (Fsp3) is 0.200. The Hall–Kier alpha value is -3.08. The lowest BCUT2D eigenvalue weighted by Crippen LogP contribution is -2.20. The molecule has 0 aliphatic heterocycles. The molecule has 0 aliphatic rings. The summed E-state index contributed by atoms with van der Waals surface area (Å²) in [4.78, 5) is 25.5. The predicted molar refractivity (Wildman–Crippen MR) is 101 cm³/mol. The van der Waals surface area contributed by atoms with Gasteiger partial charge in [0.25, 0.3) is 5.91 Å². The lowest BCUT2D eigenvalue weighted by Gasteiger charge is -2.13. The number of nitrogens with one attached hydrogen (secondary N) is 1. The fourth-order valence-corrected chi connectivity index (χ4v) is 2.16. The van der Waals surface area contributed by atoms with E-state index < -0.39 is 5.97 Å². The van der Waals surface area contributed by atoms with Crippen LogP contribution in [0, 0.1) is 6.92 Å². The number of esters is 1. The fourth-order valence-electron chi connectivity index (χ4n) is 2.16. The first kappa shape index (κ1) is 18.3. The molecule has 0 aliphatic carbocycles. The molecule has 5 nitrogen and oxygen atoms in total. The van der Waals surface area contributed by atoms with Crippen molar-refractivity contribution in [1.29, 1.82) is 0 Å². The van der Waals surface area contributed by atoms with Gasteiger partial charge in [-0.05, 0) is 48.4 Å². The maximum Gasteiger partial charge on any atom is 0.331 e. The molecule has 5 heteroatoms. The van der Waals surface area contributed by atoms with Crippen molar-refractivity contribution < 1.29 is 14.3 Å². The average Bonchev–Trinajstić information content (AvgIpc) is 2.59. The van der Waals surface area contributed by atoms with Gasteiger partial charge in [0.2, 0.25) is 0 Å². The highest BCUT2D eigenvalue weighted by molar-refractivity contribution is 5.94. The van der Waals surface area contributed by atoms with Crippen LogP contribution in [0.3, 0.4) is 0 Å². The third kappa shape index (κ3) is 5.80. The molecule has 0 saturated heterocycles. The summed E-state index contributed by atoms with van der Waals surface area (Å²) in [5.74, 6) is -0.934. The second-order valence-electron chi connectivity index (χ2n) is 5.79. The van der Waals surface area contributed by atoms with E-state index in [1.165, 1.54) is 6.08 Å². The first-order chi connectivity index (χ1) is 12.0. The first-order valence-corrected chi connectivity index (χ1v) is 7.93. The Balaban J connectivity index is 1.81. The minimum absolute atomic E-state index is 0.327. The lowest BCUT2D eigenvalue weighted by molar-refractivity contribution is -0.142. The minimum atomic E-state index is -0.554. The molecular formula is C20H22N2O3. The monoisotopic (exact) mass is 338 g/mol. The van der Waals surface area contributed by atoms with Crippen molar-refractivity contribution in [2.75, 3.05) is 30.9 Å². The SMILES string of the molecule is Cc1ccccc1/C=C/C(=O)OCC(=O)Nc1ccc(N(C)C)cc1. The molecule has 2 aromatic rings. The van der Waals surface area contributed by atoms with Gasteiger partial charge in [-0.1, -0.05) is 24.3 Å². The predicted octanol–water partition coefficient (Wildman–Crippen LogP) is 3.26. The quantitative estimate of drug-likeness (QED) is 0.649. The smallest absolute Gasteiger partial charge is 0.331 e. The van der Waals surface area contributed by atoms with Crippen LogP contribution in [0.15, 0.2) is 54.6 Å². The molecule has 25 heavy (non-hydrogen) atoms. The van der Waals surface area contributed by atoms with E-state index in [1.807, 2.05) is 62.3 Å². The van der Waals surface area contributed by atoms with Gasteiger partial charge in [-0.25, -0.2) is 4.79 Å². The first-order valence-electron chi connectivity index (χ1n) is 7.93. The van der Waals surface area contributed by atoms with Crippen LogP contribution in [0.5, 0.6) is 0 Å². The van der Waals surface area contributed by atoms with Crippen molar-refractivity contribution in [3.8, 4) is 0 Å². The molecule has 2 rings (SSSR count). The number of amides is 1. The van der Waals surface area contributed by atoms with Crippen molar-refractivity contribution in [2.45, 2.75) is 6.92 Å². The molecule has 1 N–H and O–H groups in total. The van der Waals surface area contributed by atoms with Gasteiger partial charge in [-0.15, -0.1) is 0 Å². The summed E-state index contributed by atoms with van der Waals surface area (Å²) < 4.78 is 4.95. The van der Waals surface area contributed by atoms with Crippen LogP contribution in [-0.4, -0.2) is 32.6 Å². The Labute approximate surface area is 147 Å². The van der Waals surface area contributed by atoms with Gasteiger partial charge in [-0.2, -0.15) is 0 Å². The number of nitrogens with zero attached hydrogens (tertiary/aromatic N) is 1. The molecular weight excluding hydrogens is 316 g/mol. The van der Waals surface area contributed by atoms with Crippen molar-refractivity contribution in [3.05, 3.63) is 65.7 Å². The molecule has 0 spiro atoms. The number of benzene rings is 2. The molecule has 2 aromatic carbocycles. The van der Waals surface area contributed by atoms with Crippen LogP contribution < -0.4 is 10.2 Å². The molecule has 0 atom stereocenters.